The van der Waals surface area contributed by atoms with Crippen molar-refractivity contribution in [3.63, 3.8) is 0 Å². The Morgan fingerprint density at radius 2 is 2.22 bits per heavy atom. The Hall–Kier alpha value is -0.420. The van der Waals surface area contributed by atoms with Gasteiger partial charge in [0.25, 0.3) is 0 Å². The molecular weight excluding hydrogens is 246 g/mol. The van der Waals surface area contributed by atoms with Crippen LogP contribution >= 0.6 is 11.8 Å². The number of nitrogens with one attached hydrogen (secondary N) is 2. The third-order valence-corrected chi connectivity index (χ3v) is 4.93. The van der Waals surface area contributed by atoms with Crippen LogP contribution in [-0.2, 0) is 4.74 Å². The van der Waals surface area contributed by atoms with Crippen molar-refractivity contribution in [3.8, 4) is 0 Å². The summed E-state index contributed by atoms with van der Waals surface area (Å²) in [6.45, 7) is 7.61. The van der Waals surface area contributed by atoms with Gasteiger partial charge >= 0.3 is 0 Å². The number of methoxy groups -OCH3 is 1. The zero-order valence-corrected chi connectivity index (χ0v) is 13.2. The molecule has 0 aromatic carbocycles. The molecule has 0 spiro atoms. The van der Waals surface area contributed by atoms with Gasteiger partial charge < -0.3 is 15.4 Å². The van der Waals surface area contributed by atoms with Crippen molar-refractivity contribution in [2.75, 3.05) is 27.0 Å². The number of ether oxygens (including phenoxy) is 1. The van der Waals surface area contributed by atoms with Crippen molar-refractivity contribution < 1.29 is 4.74 Å². The smallest absolute Gasteiger partial charge is 0.191 e. The first-order valence-corrected chi connectivity index (χ1v) is 7.77. The Morgan fingerprint density at radius 1 is 1.56 bits per heavy atom. The quantitative estimate of drug-likeness (QED) is 0.591. The minimum absolute atomic E-state index is 0.164. The number of hydrogen-bond acceptors (Lipinski definition) is 3. The van der Waals surface area contributed by atoms with Gasteiger partial charge in [0.2, 0.25) is 0 Å². The van der Waals surface area contributed by atoms with E-state index in [0.29, 0.717) is 17.4 Å². The zero-order chi connectivity index (χ0) is 13.8. The standard InChI is InChI=1S/C13H27N3OS/c1-9(18-6)8-15-12(14-4)16-10-7-11(17-5)13(10,2)3/h9-11H,7-8H2,1-6H3,(H2,14,15,16). The fourth-order valence-corrected chi connectivity index (χ4v) is 2.46. The van der Waals surface area contributed by atoms with Gasteiger partial charge in [-0.15, -0.1) is 0 Å². The number of nitrogens with zero attached hydrogens (tertiary/aromatic N) is 1. The van der Waals surface area contributed by atoms with E-state index >= 15 is 0 Å². The highest BCUT2D eigenvalue weighted by Crippen LogP contribution is 2.42. The lowest BCUT2D eigenvalue weighted by Gasteiger charge is -2.51. The van der Waals surface area contributed by atoms with Crippen molar-refractivity contribution in [2.24, 2.45) is 10.4 Å². The highest BCUT2D eigenvalue weighted by molar-refractivity contribution is 7.99. The van der Waals surface area contributed by atoms with Gasteiger partial charge in [-0.25, -0.2) is 0 Å². The molecule has 1 aliphatic rings. The molecule has 0 radical (unpaired) electrons. The van der Waals surface area contributed by atoms with Crippen LogP contribution in [0, 0.1) is 5.41 Å². The maximum Gasteiger partial charge on any atom is 0.191 e. The molecule has 4 nitrogen and oxygen atoms in total. The van der Waals surface area contributed by atoms with E-state index in [2.05, 4.69) is 42.7 Å². The summed E-state index contributed by atoms with van der Waals surface area (Å²) in [7, 11) is 3.61. The van der Waals surface area contributed by atoms with Crippen LogP contribution in [0.1, 0.15) is 27.2 Å². The fraction of sp³-hybridized carbons (Fsp3) is 0.923. The van der Waals surface area contributed by atoms with E-state index in [9.17, 15) is 0 Å². The normalized spacial score (nSPS) is 28.4. The summed E-state index contributed by atoms with van der Waals surface area (Å²) in [6, 6.07) is 0.429. The van der Waals surface area contributed by atoms with Crippen LogP contribution in [0.3, 0.4) is 0 Å². The summed E-state index contributed by atoms with van der Waals surface area (Å²) in [5, 5.41) is 7.44. The molecule has 1 aliphatic carbocycles. The summed E-state index contributed by atoms with van der Waals surface area (Å²) >= 11 is 1.85. The SMILES string of the molecule is CN=C(NCC(C)SC)NC1CC(OC)C1(C)C. The second-order valence-electron chi connectivity index (χ2n) is 5.48. The van der Waals surface area contributed by atoms with Gasteiger partial charge in [0.1, 0.15) is 0 Å². The highest BCUT2D eigenvalue weighted by Gasteiger charge is 2.48. The lowest BCUT2D eigenvalue weighted by molar-refractivity contribution is -0.0922. The molecule has 2 N–H and O–H groups in total. The zero-order valence-electron chi connectivity index (χ0n) is 12.4. The number of rotatable bonds is 5. The Morgan fingerprint density at radius 3 is 2.67 bits per heavy atom. The molecule has 0 saturated heterocycles. The van der Waals surface area contributed by atoms with Gasteiger partial charge in [-0.3, -0.25) is 4.99 Å². The topological polar surface area (TPSA) is 45.7 Å². The predicted molar refractivity (Wildman–Crippen MR) is 80.5 cm³/mol. The summed E-state index contributed by atoms with van der Waals surface area (Å²) in [5.41, 5.74) is 0.164. The molecule has 18 heavy (non-hydrogen) atoms. The average molecular weight is 273 g/mol. The molecule has 3 atom stereocenters. The number of aliphatic imine (C=N–C) groups is 1. The summed E-state index contributed by atoms with van der Waals surface area (Å²) in [4.78, 5) is 4.28. The van der Waals surface area contributed by atoms with Gasteiger partial charge in [0, 0.05) is 37.4 Å². The third-order valence-electron chi connectivity index (χ3n) is 3.96. The number of hydrogen-bond donors (Lipinski definition) is 2. The summed E-state index contributed by atoms with van der Waals surface area (Å²) in [6.07, 6.45) is 3.52. The molecule has 106 valence electrons. The van der Waals surface area contributed by atoms with Crippen molar-refractivity contribution in [3.05, 3.63) is 0 Å². The van der Waals surface area contributed by atoms with Gasteiger partial charge in [-0.1, -0.05) is 20.8 Å². The second-order valence-corrected chi connectivity index (χ2v) is 6.75. The maximum atomic E-state index is 5.46. The summed E-state index contributed by atoms with van der Waals surface area (Å²) in [5.74, 6) is 0.892. The van der Waals surface area contributed by atoms with E-state index in [1.165, 1.54) is 0 Å². The highest BCUT2D eigenvalue weighted by atomic mass is 32.2. The largest absolute Gasteiger partial charge is 0.381 e. The fourth-order valence-electron chi connectivity index (χ4n) is 2.21. The van der Waals surface area contributed by atoms with E-state index < -0.39 is 0 Å². The van der Waals surface area contributed by atoms with Crippen LogP contribution in [0.2, 0.25) is 0 Å². The first kappa shape index (κ1) is 15.6. The molecule has 0 aromatic rings. The molecule has 0 aromatic heterocycles. The first-order valence-electron chi connectivity index (χ1n) is 6.48. The van der Waals surface area contributed by atoms with Crippen LogP contribution in [0.15, 0.2) is 4.99 Å². The predicted octanol–water partition coefficient (Wildman–Crippen LogP) is 1.72. The van der Waals surface area contributed by atoms with Gasteiger partial charge in [-0.2, -0.15) is 11.8 Å². The monoisotopic (exact) mass is 273 g/mol. The lowest BCUT2D eigenvalue weighted by Crippen LogP contribution is -2.63. The molecule has 5 heteroatoms. The molecule has 1 rings (SSSR count). The molecule has 0 amide bonds. The van der Waals surface area contributed by atoms with Crippen LogP contribution in [0.4, 0.5) is 0 Å². The lowest BCUT2D eigenvalue weighted by atomic mass is 9.64. The van der Waals surface area contributed by atoms with E-state index in [1.54, 1.807) is 7.11 Å². The van der Waals surface area contributed by atoms with E-state index in [1.807, 2.05) is 18.8 Å². The van der Waals surface area contributed by atoms with Crippen LogP contribution in [0.25, 0.3) is 0 Å². The Labute approximate surface area is 115 Å². The molecule has 0 heterocycles. The molecule has 0 aliphatic heterocycles. The third kappa shape index (κ3) is 3.54. The Kier molecular flexibility index (Phi) is 5.79. The van der Waals surface area contributed by atoms with Crippen molar-refractivity contribution in [1.29, 1.82) is 0 Å². The van der Waals surface area contributed by atoms with Crippen molar-refractivity contribution in [1.82, 2.24) is 10.6 Å². The Balaban J connectivity index is 2.41. The Bertz CT molecular complexity index is 294. The molecular formula is C13H27N3OS. The molecule has 1 fully saturated rings. The molecule has 1 saturated carbocycles. The van der Waals surface area contributed by atoms with E-state index in [4.69, 9.17) is 4.74 Å². The minimum atomic E-state index is 0.164. The van der Waals surface area contributed by atoms with Crippen molar-refractivity contribution >= 4 is 17.7 Å². The van der Waals surface area contributed by atoms with E-state index in [-0.39, 0.29) is 5.41 Å². The second kappa shape index (κ2) is 6.66. The van der Waals surface area contributed by atoms with Gasteiger partial charge in [0.05, 0.1) is 6.10 Å². The van der Waals surface area contributed by atoms with Crippen LogP contribution in [-0.4, -0.2) is 50.3 Å². The number of guanidine groups is 1. The summed E-state index contributed by atoms with van der Waals surface area (Å²) < 4.78 is 5.46. The van der Waals surface area contributed by atoms with Gasteiger partial charge in [0.15, 0.2) is 5.96 Å². The maximum absolute atomic E-state index is 5.46. The number of thioether (sulfide) groups is 1. The van der Waals surface area contributed by atoms with Crippen LogP contribution < -0.4 is 10.6 Å². The molecule has 0 bridgehead atoms. The minimum Gasteiger partial charge on any atom is -0.381 e. The average Bonchev–Trinajstić information content (AvgIpc) is 2.36. The molecule has 3 unspecified atom stereocenters. The van der Waals surface area contributed by atoms with Gasteiger partial charge in [-0.05, 0) is 12.7 Å². The first-order chi connectivity index (χ1) is 8.45. The van der Waals surface area contributed by atoms with Crippen molar-refractivity contribution in [2.45, 2.75) is 44.6 Å². The van der Waals surface area contributed by atoms with Crippen LogP contribution in [0.5, 0.6) is 0 Å². The van der Waals surface area contributed by atoms with E-state index in [0.717, 1.165) is 18.9 Å².